The number of nitrogens with one attached hydrogen (secondary N) is 2. The molecule has 2 aromatic carbocycles. The van der Waals surface area contributed by atoms with Crippen LogP contribution in [-0.2, 0) is 0 Å². The zero-order chi connectivity index (χ0) is 17.4. The minimum atomic E-state index is -0.529. The minimum Gasteiger partial charge on any atom is -0.387 e. The summed E-state index contributed by atoms with van der Waals surface area (Å²) in [6, 6.07) is 19.2. The number of benzene rings is 2. The van der Waals surface area contributed by atoms with Crippen molar-refractivity contribution in [2.75, 3.05) is 13.1 Å². The summed E-state index contributed by atoms with van der Waals surface area (Å²) in [7, 11) is 0. The van der Waals surface area contributed by atoms with E-state index in [2.05, 4.69) is 10.6 Å². The molecule has 2 rings (SSSR count). The lowest BCUT2D eigenvalue weighted by Gasteiger charge is -2.23. The van der Waals surface area contributed by atoms with E-state index in [1.165, 1.54) is 0 Å². The summed E-state index contributed by atoms with van der Waals surface area (Å²) < 4.78 is 0. The fraction of sp³-hybridized carbons (Fsp3) is 0.400. The number of hydrogen-bond donors (Lipinski definition) is 4. The summed E-state index contributed by atoms with van der Waals surface area (Å²) in [5.41, 5.74) is 1.83. The van der Waals surface area contributed by atoms with Gasteiger partial charge in [0.2, 0.25) is 0 Å². The van der Waals surface area contributed by atoms with Crippen LogP contribution in [0.25, 0.3) is 0 Å². The van der Waals surface area contributed by atoms with E-state index in [0.717, 1.165) is 24.2 Å². The van der Waals surface area contributed by atoms with Crippen LogP contribution in [0.2, 0.25) is 0 Å². The first kappa shape index (κ1) is 18.6. The normalized spacial score (nSPS) is 16.3. The third-order valence-electron chi connectivity index (χ3n) is 4.29. The molecule has 0 saturated carbocycles. The van der Waals surface area contributed by atoms with E-state index in [-0.39, 0.29) is 12.1 Å². The fourth-order valence-corrected chi connectivity index (χ4v) is 2.70. The highest BCUT2D eigenvalue weighted by Crippen LogP contribution is 2.16. The number of aliphatic hydroxyl groups excluding tert-OH is 2. The molecule has 0 aliphatic heterocycles. The molecular formula is C20H28N2O2. The molecule has 0 aliphatic carbocycles. The molecule has 4 heteroatoms. The summed E-state index contributed by atoms with van der Waals surface area (Å²) in [6.07, 6.45) is -1.06. The predicted molar refractivity (Wildman–Crippen MR) is 97.7 cm³/mol. The van der Waals surface area contributed by atoms with Gasteiger partial charge in [0.25, 0.3) is 0 Å². The van der Waals surface area contributed by atoms with Gasteiger partial charge in [0, 0.05) is 25.2 Å². The van der Waals surface area contributed by atoms with E-state index in [0.29, 0.717) is 0 Å². The molecule has 2 aromatic rings. The van der Waals surface area contributed by atoms with Crippen molar-refractivity contribution in [2.45, 2.75) is 38.1 Å². The van der Waals surface area contributed by atoms with Crippen LogP contribution in [-0.4, -0.2) is 35.4 Å². The zero-order valence-corrected chi connectivity index (χ0v) is 14.4. The Kier molecular flexibility index (Phi) is 7.40. The van der Waals surface area contributed by atoms with Crippen LogP contribution in [0.5, 0.6) is 0 Å². The fourth-order valence-electron chi connectivity index (χ4n) is 2.70. The number of rotatable bonds is 9. The molecule has 0 amide bonds. The van der Waals surface area contributed by atoms with Gasteiger partial charge in [-0.05, 0) is 25.0 Å². The van der Waals surface area contributed by atoms with Gasteiger partial charge in [0.05, 0.1) is 12.2 Å². The Hall–Kier alpha value is -1.72. The van der Waals surface area contributed by atoms with Crippen molar-refractivity contribution in [1.29, 1.82) is 0 Å². The predicted octanol–water partition coefficient (Wildman–Crippen LogP) is 2.41. The van der Waals surface area contributed by atoms with Gasteiger partial charge in [-0.1, -0.05) is 60.7 Å². The van der Waals surface area contributed by atoms with Gasteiger partial charge < -0.3 is 20.8 Å². The van der Waals surface area contributed by atoms with E-state index in [1.807, 2.05) is 74.5 Å². The molecule has 0 aromatic heterocycles. The highest BCUT2D eigenvalue weighted by atomic mass is 16.3. The molecular weight excluding hydrogens is 300 g/mol. The highest BCUT2D eigenvalue weighted by Gasteiger charge is 2.17. The third-order valence-corrected chi connectivity index (χ3v) is 4.29. The van der Waals surface area contributed by atoms with Crippen LogP contribution in [0.1, 0.15) is 37.2 Å². The van der Waals surface area contributed by atoms with Crippen molar-refractivity contribution in [1.82, 2.24) is 10.6 Å². The lowest BCUT2D eigenvalue weighted by molar-refractivity contribution is 0.129. The van der Waals surface area contributed by atoms with Crippen molar-refractivity contribution < 1.29 is 10.2 Å². The quantitative estimate of drug-likeness (QED) is 0.534. The van der Waals surface area contributed by atoms with Crippen molar-refractivity contribution >= 4 is 0 Å². The maximum atomic E-state index is 10.3. The lowest BCUT2D eigenvalue weighted by Crippen LogP contribution is -2.40. The summed E-state index contributed by atoms with van der Waals surface area (Å²) >= 11 is 0. The summed E-state index contributed by atoms with van der Waals surface area (Å²) in [5, 5.41) is 27.3. The molecule has 4 N–H and O–H groups in total. The van der Waals surface area contributed by atoms with E-state index in [4.69, 9.17) is 0 Å². The van der Waals surface area contributed by atoms with E-state index in [1.54, 1.807) is 0 Å². The molecule has 4 atom stereocenters. The second-order valence-electron chi connectivity index (χ2n) is 6.20. The smallest absolute Gasteiger partial charge is 0.0940 e. The first-order chi connectivity index (χ1) is 11.6. The zero-order valence-electron chi connectivity index (χ0n) is 14.4. The molecule has 0 heterocycles. The minimum absolute atomic E-state index is 0.0384. The third kappa shape index (κ3) is 5.42. The Morgan fingerprint density at radius 2 is 1.00 bits per heavy atom. The summed E-state index contributed by atoms with van der Waals surface area (Å²) in [4.78, 5) is 0. The first-order valence-corrected chi connectivity index (χ1v) is 8.52. The second kappa shape index (κ2) is 9.55. The maximum absolute atomic E-state index is 10.3. The van der Waals surface area contributed by atoms with Gasteiger partial charge in [-0.25, -0.2) is 0 Å². The largest absolute Gasteiger partial charge is 0.387 e. The molecule has 0 saturated heterocycles. The standard InChI is InChI=1S/C20H28N2O2/c1-15(19(23)17-9-5-3-6-10-17)21-13-14-22-16(2)20(24)18-11-7-4-8-12-18/h3-12,15-16,19-24H,13-14H2,1-2H3/t15-,16-,19-,20-/m1/s1. The number of hydrogen-bond acceptors (Lipinski definition) is 4. The van der Waals surface area contributed by atoms with E-state index < -0.39 is 12.2 Å². The van der Waals surface area contributed by atoms with Crippen LogP contribution in [0.3, 0.4) is 0 Å². The van der Waals surface area contributed by atoms with Gasteiger partial charge in [-0.3, -0.25) is 0 Å². The highest BCUT2D eigenvalue weighted by molar-refractivity contribution is 5.19. The Morgan fingerprint density at radius 1 is 0.667 bits per heavy atom. The van der Waals surface area contributed by atoms with E-state index in [9.17, 15) is 10.2 Å². The molecule has 0 spiro atoms. The Bertz CT molecular complexity index is 523. The van der Waals surface area contributed by atoms with Crippen LogP contribution in [0.4, 0.5) is 0 Å². The molecule has 0 fully saturated rings. The molecule has 0 radical (unpaired) electrons. The number of aliphatic hydroxyl groups is 2. The summed E-state index contributed by atoms with van der Waals surface area (Å²) in [5.74, 6) is 0. The van der Waals surface area contributed by atoms with Crippen molar-refractivity contribution in [3.63, 3.8) is 0 Å². The molecule has 24 heavy (non-hydrogen) atoms. The van der Waals surface area contributed by atoms with Crippen molar-refractivity contribution in [3.8, 4) is 0 Å². The Labute approximate surface area is 144 Å². The molecule has 4 nitrogen and oxygen atoms in total. The average molecular weight is 328 g/mol. The van der Waals surface area contributed by atoms with Crippen LogP contribution >= 0.6 is 0 Å². The monoisotopic (exact) mass is 328 g/mol. The first-order valence-electron chi connectivity index (χ1n) is 8.52. The Morgan fingerprint density at radius 3 is 1.33 bits per heavy atom. The van der Waals surface area contributed by atoms with Gasteiger partial charge in [0.15, 0.2) is 0 Å². The van der Waals surface area contributed by atoms with Gasteiger partial charge in [0.1, 0.15) is 0 Å². The molecule has 0 bridgehead atoms. The van der Waals surface area contributed by atoms with Crippen LogP contribution in [0.15, 0.2) is 60.7 Å². The van der Waals surface area contributed by atoms with Gasteiger partial charge in [-0.2, -0.15) is 0 Å². The van der Waals surface area contributed by atoms with Crippen molar-refractivity contribution in [2.24, 2.45) is 0 Å². The van der Waals surface area contributed by atoms with Crippen LogP contribution < -0.4 is 10.6 Å². The van der Waals surface area contributed by atoms with Gasteiger partial charge in [-0.15, -0.1) is 0 Å². The topological polar surface area (TPSA) is 64.5 Å². The molecule has 0 aliphatic rings. The summed E-state index contributed by atoms with van der Waals surface area (Å²) in [6.45, 7) is 5.38. The van der Waals surface area contributed by atoms with E-state index >= 15 is 0 Å². The SMILES string of the molecule is C[C@@H](NCCN[C@H](C)[C@@H](O)c1ccccc1)[C@@H](O)c1ccccc1. The second-order valence-corrected chi connectivity index (χ2v) is 6.20. The maximum Gasteiger partial charge on any atom is 0.0940 e. The van der Waals surface area contributed by atoms with Crippen LogP contribution in [0, 0.1) is 0 Å². The van der Waals surface area contributed by atoms with Gasteiger partial charge >= 0.3 is 0 Å². The molecule has 130 valence electrons. The average Bonchev–Trinajstić information content (AvgIpc) is 2.65. The Balaban J connectivity index is 1.70. The lowest BCUT2D eigenvalue weighted by atomic mass is 10.0. The van der Waals surface area contributed by atoms with Crippen molar-refractivity contribution in [3.05, 3.63) is 71.8 Å². The molecule has 0 unspecified atom stereocenters.